The van der Waals surface area contributed by atoms with Gasteiger partial charge in [0.25, 0.3) is 5.91 Å². The molecule has 162 valence electrons. The minimum Gasteiger partial charge on any atom is -0.469 e. The number of carbonyl (C=O) groups is 2. The average molecular weight is 412 g/mol. The van der Waals surface area contributed by atoms with Crippen molar-refractivity contribution in [1.82, 2.24) is 4.57 Å². The Morgan fingerprint density at radius 1 is 1.13 bits per heavy atom. The maximum atomic E-state index is 12.4. The third-order valence-electron chi connectivity index (χ3n) is 6.03. The number of primary amides is 1. The summed E-state index contributed by atoms with van der Waals surface area (Å²) in [6, 6.07) is 8.38. The number of hydrogen-bond donors (Lipinski definition) is 1. The van der Waals surface area contributed by atoms with Crippen LogP contribution in [0.4, 0.5) is 5.69 Å². The van der Waals surface area contributed by atoms with Crippen molar-refractivity contribution in [2.45, 2.75) is 58.9 Å². The van der Waals surface area contributed by atoms with Gasteiger partial charge in [0, 0.05) is 42.3 Å². The van der Waals surface area contributed by atoms with Crippen molar-refractivity contribution in [2.24, 2.45) is 5.73 Å². The van der Waals surface area contributed by atoms with Gasteiger partial charge in [-0.3, -0.25) is 9.59 Å². The van der Waals surface area contributed by atoms with Gasteiger partial charge in [-0.1, -0.05) is 25.5 Å². The number of rotatable bonds is 9. The quantitative estimate of drug-likeness (QED) is 0.631. The number of anilines is 1. The van der Waals surface area contributed by atoms with Crippen LogP contribution >= 0.6 is 0 Å². The highest BCUT2D eigenvalue weighted by Crippen LogP contribution is 2.35. The minimum atomic E-state index is -0.430. The summed E-state index contributed by atoms with van der Waals surface area (Å²) in [5, 5.41) is 0. The van der Waals surface area contributed by atoms with E-state index >= 15 is 0 Å². The predicted octanol–water partition coefficient (Wildman–Crippen LogP) is 4.07. The normalized spacial score (nSPS) is 13.6. The molecule has 2 aromatic rings. The summed E-state index contributed by atoms with van der Waals surface area (Å²) in [4.78, 5) is 26.7. The maximum absolute atomic E-state index is 12.4. The fourth-order valence-electron chi connectivity index (χ4n) is 4.43. The summed E-state index contributed by atoms with van der Waals surface area (Å²) in [5.41, 5.74) is 11.3. The number of carbonyl (C=O) groups excluding carboxylic acids is 2. The van der Waals surface area contributed by atoms with Gasteiger partial charge in [-0.15, -0.1) is 0 Å². The van der Waals surface area contributed by atoms with Crippen LogP contribution in [-0.2, 0) is 22.5 Å². The number of nitrogens with zero attached hydrogens (tertiary/aromatic N) is 2. The maximum Gasteiger partial charge on any atom is 0.305 e. The van der Waals surface area contributed by atoms with E-state index < -0.39 is 5.91 Å². The van der Waals surface area contributed by atoms with Gasteiger partial charge in [-0.25, -0.2) is 0 Å². The van der Waals surface area contributed by atoms with E-state index in [9.17, 15) is 9.59 Å². The molecule has 0 aliphatic carbocycles. The van der Waals surface area contributed by atoms with Crippen LogP contribution in [0.25, 0.3) is 11.1 Å². The molecule has 6 nitrogen and oxygen atoms in total. The molecule has 30 heavy (non-hydrogen) atoms. The van der Waals surface area contributed by atoms with Gasteiger partial charge in [0.2, 0.25) is 0 Å². The van der Waals surface area contributed by atoms with Crippen LogP contribution in [0.1, 0.15) is 60.8 Å². The Balaban J connectivity index is 2.07. The number of esters is 1. The molecule has 6 heteroatoms. The second-order valence-corrected chi connectivity index (χ2v) is 7.97. The van der Waals surface area contributed by atoms with Crippen LogP contribution in [0.5, 0.6) is 0 Å². The highest BCUT2D eigenvalue weighted by Gasteiger charge is 2.25. The number of methoxy groups -OCH3 is 1. The van der Waals surface area contributed by atoms with Gasteiger partial charge in [0.1, 0.15) is 0 Å². The topological polar surface area (TPSA) is 77.6 Å². The average Bonchev–Trinajstić information content (AvgIpc) is 3.37. The van der Waals surface area contributed by atoms with Gasteiger partial charge in [0.15, 0.2) is 0 Å². The van der Waals surface area contributed by atoms with E-state index in [1.165, 1.54) is 25.6 Å². The summed E-state index contributed by atoms with van der Waals surface area (Å²) < 4.78 is 7.01. The molecule has 1 amide bonds. The van der Waals surface area contributed by atoms with Crippen LogP contribution in [0.15, 0.2) is 24.3 Å². The number of nitrogens with two attached hydrogens (primary N) is 1. The van der Waals surface area contributed by atoms with Crippen molar-refractivity contribution in [3.8, 4) is 11.1 Å². The lowest BCUT2D eigenvalue weighted by molar-refractivity contribution is -0.140. The van der Waals surface area contributed by atoms with Crippen LogP contribution in [0.3, 0.4) is 0 Å². The van der Waals surface area contributed by atoms with Gasteiger partial charge in [-0.2, -0.15) is 0 Å². The second-order valence-electron chi connectivity index (χ2n) is 7.97. The van der Waals surface area contributed by atoms with Crippen molar-refractivity contribution in [3.05, 3.63) is 41.2 Å². The summed E-state index contributed by atoms with van der Waals surface area (Å²) in [5.74, 6) is -0.687. The molecule has 1 saturated heterocycles. The first-order chi connectivity index (χ1) is 14.5. The smallest absolute Gasteiger partial charge is 0.305 e. The number of ether oxygens (including phenoxy) is 1. The predicted molar refractivity (Wildman–Crippen MR) is 120 cm³/mol. The molecule has 3 rings (SSSR count). The van der Waals surface area contributed by atoms with E-state index in [0.29, 0.717) is 12.0 Å². The highest BCUT2D eigenvalue weighted by molar-refractivity contribution is 6.02. The van der Waals surface area contributed by atoms with Crippen molar-refractivity contribution >= 4 is 17.6 Å². The number of benzene rings is 1. The van der Waals surface area contributed by atoms with E-state index in [-0.39, 0.29) is 12.4 Å². The molecular weight excluding hydrogens is 378 g/mol. The summed E-state index contributed by atoms with van der Waals surface area (Å²) >= 11 is 0. The SMILES string of the molecule is CCCCn1c(C)c(C(N)=O)c(-c2ccc(N3CCCC3)cc2)c1CCC(=O)OC. The first-order valence-electron chi connectivity index (χ1n) is 10.9. The number of aromatic nitrogens is 1. The Morgan fingerprint density at radius 2 is 1.80 bits per heavy atom. The molecule has 0 unspecified atom stereocenters. The minimum absolute atomic E-state index is 0.258. The lowest BCUT2D eigenvalue weighted by Crippen LogP contribution is -2.17. The summed E-state index contributed by atoms with van der Waals surface area (Å²) in [6.45, 7) is 7.05. The molecule has 0 saturated carbocycles. The first-order valence-corrected chi connectivity index (χ1v) is 10.9. The summed E-state index contributed by atoms with van der Waals surface area (Å²) in [6.07, 6.45) is 5.26. The van der Waals surface area contributed by atoms with Gasteiger partial charge < -0.3 is 19.9 Å². The van der Waals surface area contributed by atoms with Crippen molar-refractivity contribution in [2.75, 3.05) is 25.1 Å². The molecule has 0 spiro atoms. The third kappa shape index (κ3) is 4.53. The second kappa shape index (κ2) is 9.83. The fourth-order valence-corrected chi connectivity index (χ4v) is 4.43. The third-order valence-corrected chi connectivity index (χ3v) is 6.03. The van der Waals surface area contributed by atoms with Gasteiger partial charge in [-0.05, 0) is 50.3 Å². The van der Waals surface area contributed by atoms with Crippen molar-refractivity contribution < 1.29 is 14.3 Å². The first kappa shape index (κ1) is 21.9. The standard InChI is InChI=1S/C24H33N3O3/c1-4-5-16-27-17(2)22(24(25)29)23(20(27)12-13-21(28)30-3)18-8-10-19(11-9-18)26-14-6-7-15-26/h8-11H,4-7,12-16H2,1-3H3,(H2,25,29). The number of amides is 1. The van der Waals surface area contributed by atoms with Crippen molar-refractivity contribution in [1.29, 1.82) is 0 Å². The Bertz CT molecular complexity index is 893. The van der Waals surface area contributed by atoms with E-state index in [2.05, 4.69) is 40.7 Å². The van der Waals surface area contributed by atoms with Crippen LogP contribution in [0, 0.1) is 6.92 Å². The van der Waals surface area contributed by atoms with Crippen LogP contribution < -0.4 is 10.6 Å². The largest absolute Gasteiger partial charge is 0.469 e. The lowest BCUT2D eigenvalue weighted by atomic mass is 9.97. The van der Waals surface area contributed by atoms with Crippen molar-refractivity contribution in [3.63, 3.8) is 0 Å². The van der Waals surface area contributed by atoms with E-state index in [0.717, 1.165) is 55.0 Å². The van der Waals surface area contributed by atoms with E-state index in [4.69, 9.17) is 10.5 Å². The molecule has 1 aromatic carbocycles. The highest BCUT2D eigenvalue weighted by atomic mass is 16.5. The molecule has 1 aliphatic rings. The molecular formula is C24H33N3O3. The zero-order chi connectivity index (χ0) is 21.7. The number of unbranched alkanes of at least 4 members (excludes halogenated alkanes) is 1. The molecule has 2 N–H and O–H groups in total. The van der Waals surface area contributed by atoms with Crippen LogP contribution in [0.2, 0.25) is 0 Å². The lowest BCUT2D eigenvalue weighted by Gasteiger charge is -2.18. The summed E-state index contributed by atoms with van der Waals surface area (Å²) in [7, 11) is 1.40. The van der Waals surface area contributed by atoms with E-state index in [1.807, 2.05) is 6.92 Å². The zero-order valence-electron chi connectivity index (χ0n) is 18.4. The molecule has 1 fully saturated rings. The Labute approximate surface area is 179 Å². The molecule has 2 heterocycles. The fraction of sp³-hybridized carbons (Fsp3) is 0.500. The molecule has 0 radical (unpaired) electrons. The van der Waals surface area contributed by atoms with Gasteiger partial charge in [0.05, 0.1) is 19.1 Å². The number of hydrogen-bond acceptors (Lipinski definition) is 4. The van der Waals surface area contributed by atoms with E-state index in [1.54, 1.807) is 0 Å². The Kier molecular flexibility index (Phi) is 7.19. The Morgan fingerprint density at radius 3 is 2.37 bits per heavy atom. The van der Waals surface area contributed by atoms with Gasteiger partial charge >= 0.3 is 5.97 Å². The molecule has 1 aliphatic heterocycles. The zero-order valence-corrected chi connectivity index (χ0v) is 18.4. The molecule has 1 aromatic heterocycles. The Hall–Kier alpha value is -2.76. The molecule has 0 atom stereocenters. The molecule has 0 bridgehead atoms. The monoisotopic (exact) mass is 411 g/mol. The van der Waals surface area contributed by atoms with Crippen LogP contribution in [-0.4, -0.2) is 36.6 Å².